The second-order valence-corrected chi connectivity index (χ2v) is 5.88. The van der Waals surface area contributed by atoms with Gasteiger partial charge in [-0.3, -0.25) is 0 Å². The number of phenolic OH excluding ortho intramolecular Hbond substituents is 1. The van der Waals surface area contributed by atoms with Crippen LogP contribution in [-0.2, 0) is 0 Å². The number of nitrogens with zero attached hydrogens (tertiary/aromatic N) is 1. The molecule has 0 aliphatic heterocycles. The summed E-state index contributed by atoms with van der Waals surface area (Å²) in [7, 11) is 1.53. The molecule has 3 rings (SSSR count). The van der Waals surface area contributed by atoms with Crippen LogP contribution in [0.4, 0.5) is 0 Å². The Labute approximate surface area is 122 Å². The van der Waals surface area contributed by atoms with Crippen molar-refractivity contribution in [1.29, 1.82) is 0 Å². The Balaban J connectivity index is 2.18. The molecule has 1 N–H and O–H groups in total. The van der Waals surface area contributed by atoms with Gasteiger partial charge in [0.05, 0.1) is 21.8 Å². The topological polar surface area (TPSA) is 42.4 Å². The van der Waals surface area contributed by atoms with Gasteiger partial charge in [-0.2, -0.15) is 0 Å². The molecule has 96 valence electrons. The average molecular weight is 336 g/mol. The van der Waals surface area contributed by atoms with Gasteiger partial charge < -0.3 is 9.84 Å². The lowest BCUT2D eigenvalue weighted by Gasteiger charge is -2.07. The second-order valence-electron chi connectivity index (χ2n) is 4.00. The normalized spacial score (nSPS) is 10.8. The summed E-state index contributed by atoms with van der Waals surface area (Å²) in [6.07, 6.45) is 0. The summed E-state index contributed by atoms with van der Waals surface area (Å²) in [5.74, 6) is 0.538. The first-order valence-corrected chi connectivity index (χ1v) is 7.22. The van der Waals surface area contributed by atoms with E-state index >= 15 is 0 Å². The molecule has 5 heteroatoms. The van der Waals surface area contributed by atoms with Crippen LogP contribution < -0.4 is 4.74 Å². The van der Waals surface area contributed by atoms with Gasteiger partial charge in [0.1, 0.15) is 5.01 Å². The van der Waals surface area contributed by atoms with Crippen molar-refractivity contribution in [2.75, 3.05) is 7.11 Å². The number of aromatic hydroxyl groups is 1. The van der Waals surface area contributed by atoms with Crippen LogP contribution in [-0.4, -0.2) is 17.2 Å². The predicted octanol–water partition coefficient (Wildman–Crippen LogP) is 4.44. The zero-order valence-electron chi connectivity index (χ0n) is 10.1. The van der Waals surface area contributed by atoms with Gasteiger partial charge in [-0.1, -0.05) is 12.1 Å². The molecule has 0 aliphatic carbocycles. The maximum atomic E-state index is 9.82. The number of fused-ring (bicyclic) bond motifs is 1. The van der Waals surface area contributed by atoms with Crippen molar-refractivity contribution in [3.8, 4) is 22.1 Å². The van der Waals surface area contributed by atoms with E-state index in [9.17, 15) is 5.11 Å². The molecule has 19 heavy (non-hydrogen) atoms. The minimum Gasteiger partial charge on any atom is -0.503 e. The number of hydrogen-bond acceptors (Lipinski definition) is 4. The zero-order valence-corrected chi connectivity index (χ0v) is 12.5. The molecule has 0 fully saturated rings. The number of hydrogen-bond donors (Lipinski definition) is 1. The molecule has 1 heterocycles. The maximum Gasteiger partial charge on any atom is 0.172 e. The van der Waals surface area contributed by atoms with Crippen LogP contribution in [0.5, 0.6) is 11.5 Å². The van der Waals surface area contributed by atoms with Crippen molar-refractivity contribution in [2.45, 2.75) is 0 Å². The monoisotopic (exact) mass is 335 g/mol. The van der Waals surface area contributed by atoms with Crippen LogP contribution in [0.2, 0.25) is 0 Å². The van der Waals surface area contributed by atoms with Crippen molar-refractivity contribution in [2.24, 2.45) is 0 Å². The Morgan fingerprint density at radius 3 is 2.79 bits per heavy atom. The summed E-state index contributed by atoms with van der Waals surface area (Å²) in [4.78, 5) is 4.59. The number of para-hydroxylation sites is 1. The van der Waals surface area contributed by atoms with Crippen molar-refractivity contribution in [3.05, 3.63) is 40.9 Å². The number of aromatic nitrogens is 1. The van der Waals surface area contributed by atoms with E-state index in [0.717, 1.165) is 20.8 Å². The highest BCUT2D eigenvalue weighted by atomic mass is 79.9. The fourth-order valence-electron chi connectivity index (χ4n) is 1.85. The minimum absolute atomic E-state index is 0.104. The molecule has 2 aromatic carbocycles. The molecule has 3 nitrogen and oxygen atoms in total. The van der Waals surface area contributed by atoms with Gasteiger partial charge in [-0.25, -0.2) is 4.98 Å². The molecule has 0 bridgehead atoms. The summed E-state index contributed by atoms with van der Waals surface area (Å²) in [5.41, 5.74) is 1.90. The standard InChI is InChI=1S/C14H10BrNO2S/c1-18-11-7-8(6-9(15)13(11)17)14-16-10-4-2-3-5-12(10)19-14/h2-7,17H,1H3. The lowest BCUT2D eigenvalue weighted by atomic mass is 10.2. The van der Waals surface area contributed by atoms with E-state index in [2.05, 4.69) is 20.9 Å². The van der Waals surface area contributed by atoms with E-state index in [4.69, 9.17) is 4.74 Å². The molecule has 0 aliphatic rings. The third-order valence-electron chi connectivity index (χ3n) is 2.79. The van der Waals surface area contributed by atoms with E-state index in [1.54, 1.807) is 17.4 Å². The Morgan fingerprint density at radius 1 is 1.26 bits per heavy atom. The van der Waals surface area contributed by atoms with E-state index in [0.29, 0.717) is 10.2 Å². The summed E-state index contributed by atoms with van der Waals surface area (Å²) in [6.45, 7) is 0. The second kappa shape index (κ2) is 4.83. The smallest absolute Gasteiger partial charge is 0.172 e. The van der Waals surface area contributed by atoms with E-state index in [-0.39, 0.29) is 5.75 Å². The quantitative estimate of drug-likeness (QED) is 0.752. The first-order chi connectivity index (χ1) is 9.19. The van der Waals surface area contributed by atoms with Crippen LogP contribution in [0, 0.1) is 0 Å². The molecule has 0 unspecified atom stereocenters. The molecule has 0 spiro atoms. The highest BCUT2D eigenvalue weighted by Crippen LogP contribution is 2.40. The lowest BCUT2D eigenvalue weighted by molar-refractivity contribution is 0.372. The molecule has 1 aromatic heterocycles. The highest BCUT2D eigenvalue weighted by molar-refractivity contribution is 9.10. The first kappa shape index (κ1) is 12.4. The summed E-state index contributed by atoms with van der Waals surface area (Å²) in [6, 6.07) is 11.6. The summed E-state index contributed by atoms with van der Waals surface area (Å²) < 4.78 is 6.90. The number of benzene rings is 2. The average Bonchev–Trinajstić information content (AvgIpc) is 2.85. The molecule has 0 saturated heterocycles. The fourth-order valence-corrected chi connectivity index (χ4v) is 3.24. The molecule has 3 aromatic rings. The Morgan fingerprint density at radius 2 is 2.05 bits per heavy atom. The van der Waals surface area contributed by atoms with Gasteiger partial charge in [0.25, 0.3) is 0 Å². The largest absolute Gasteiger partial charge is 0.503 e. The number of ether oxygens (including phenoxy) is 1. The number of halogens is 1. The van der Waals surface area contributed by atoms with Crippen LogP contribution in [0.1, 0.15) is 0 Å². The van der Waals surface area contributed by atoms with Gasteiger partial charge in [-0.15, -0.1) is 11.3 Å². The molecular formula is C14H10BrNO2S. The first-order valence-electron chi connectivity index (χ1n) is 5.61. The summed E-state index contributed by atoms with van der Waals surface area (Å²) >= 11 is 4.94. The predicted molar refractivity (Wildman–Crippen MR) is 81.0 cm³/mol. The third kappa shape index (κ3) is 2.19. The van der Waals surface area contributed by atoms with Crippen LogP contribution >= 0.6 is 27.3 Å². The SMILES string of the molecule is COc1cc(-c2nc3ccccc3s2)cc(Br)c1O. The van der Waals surface area contributed by atoms with Crippen molar-refractivity contribution in [3.63, 3.8) is 0 Å². The molecule has 0 atom stereocenters. The summed E-state index contributed by atoms with van der Waals surface area (Å²) in [5, 5.41) is 10.7. The molecule has 0 radical (unpaired) electrons. The zero-order chi connectivity index (χ0) is 13.4. The highest BCUT2D eigenvalue weighted by Gasteiger charge is 2.12. The number of rotatable bonds is 2. The van der Waals surface area contributed by atoms with Gasteiger partial charge >= 0.3 is 0 Å². The molecule has 0 saturated carbocycles. The Hall–Kier alpha value is -1.59. The van der Waals surface area contributed by atoms with Crippen LogP contribution in [0.15, 0.2) is 40.9 Å². The Bertz CT molecular complexity index is 721. The van der Waals surface area contributed by atoms with Crippen molar-refractivity contribution >= 4 is 37.5 Å². The van der Waals surface area contributed by atoms with Gasteiger partial charge in [0, 0.05) is 5.56 Å². The number of methoxy groups -OCH3 is 1. The molecule has 0 amide bonds. The van der Waals surface area contributed by atoms with Crippen molar-refractivity contribution in [1.82, 2.24) is 4.98 Å². The van der Waals surface area contributed by atoms with Crippen LogP contribution in [0.3, 0.4) is 0 Å². The van der Waals surface area contributed by atoms with Crippen molar-refractivity contribution < 1.29 is 9.84 Å². The van der Waals surface area contributed by atoms with Crippen LogP contribution in [0.25, 0.3) is 20.8 Å². The minimum atomic E-state index is 0.104. The Kier molecular flexibility index (Phi) is 3.16. The van der Waals surface area contributed by atoms with Gasteiger partial charge in [-0.05, 0) is 40.2 Å². The maximum absolute atomic E-state index is 9.82. The van der Waals surface area contributed by atoms with E-state index in [1.165, 1.54) is 7.11 Å². The fraction of sp³-hybridized carbons (Fsp3) is 0.0714. The van der Waals surface area contributed by atoms with Gasteiger partial charge in [0.2, 0.25) is 0 Å². The number of thiazole rings is 1. The van der Waals surface area contributed by atoms with E-state index < -0.39 is 0 Å². The van der Waals surface area contributed by atoms with E-state index in [1.807, 2.05) is 30.3 Å². The molecular weight excluding hydrogens is 326 g/mol. The van der Waals surface area contributed by atoms with Gasteiger partial charge in [0.15, 0.2) is 11.5 Å². The lowest BCUT2D eigenvalue weighted by Crippen LogP contribution is -1.86. The number of phenols is 1. The third-order valence-corrected chi connectivity index (χ3v) is 4.48.